The third-order valence-corrected chi connectivity index (χ3v) is 6.84. The molecule has 2 aliphatic carbocycles. The van der Waals surface area contributed by atoms with Crippen molar-refractivity contribution in [3.63, 3.8) is 0 Å². The van der Waals surface area contributed by atoms with E-state index in [1.807, 2.05) is 0 Å². The molecule has 0 aromatic carbocycles. The maximum atomic E-state index is 7.08. The Morgan fingerprint density at radius 1 is 1.04 bits per heavy atom. The molecule has 26 heavy (non-hydrogen) atoms. The molecule has 1 atom stereocenters. The number of halogens is 2. The van der Waals surface area contributed by atoms with Crippen LogP contribution in [-0.2, 0) is 24.9 Å². The van der Waals surface area contributed by atoms with Crippen LogP contribution in [0.25, 0.3) is 0 Å². The van der Waals surface area contributed by atoms with E-state index in [0.29, 0.717) is 0 Å². The molecule has 0 N–H and O–H groups in total. The first kappa shape index (κ1) is 26.4. The number of hydrogen-bond acceptors (Lipinski definition) is 1. The van der Waals surface area contributed by atoms with Gasteiger partial charge in [-0.3, -0.25) is 0 Å². The zero-order valence-electron chi connectivity index (χ0n) is 17.5. The molecule has 0 spiro atoms. The van der Waals surface area contributed by atoms with Crippen molar-refractivity contribution in [1.82, 2.24) is 0 Å². The zero-order chi connectivity index (χ0) is 18.4. The van der Waals surface area contributed by atoms with Crippen molar-refractivity contribution >= 4 is 8.32 Å². The minimum Gasteiger partial charge on any atom is -1.00 e. The molecule has 0 saturated carbocycles. The average molecular weight is 448 g/mol. The Morgan fingerprint density at radius 3 is 2.04 bits per heavy atom. The first-order valence-electron chi connectivity index (χ1n) is 9.01. The summed E-state index contributed by atoms with van der Waals surface area (Å²) in [6.45, 7) is 18.7. The molecular weight excluding hydrogens is 415 g/mol. The van der Waals surface area contributed by atoms with Crippen LogP contribution < -0.4 is 24.8 Å². The van der Waals surface area contributed by atoms with Gasteiger partial charge in [-0.1, -0.05) is 0 Å². The van der Waals surface area contributed by atoms with E-state index in [-0.39, 0.29) is 41.2 Å². The molecule has 0 aliphatic heterocycles. The van der Waals surface area contributed by atoms with Crippen molar-refractivity contribution < 1.29 is 49.7 Å². The van der Waals surface area contributed by atoms with Crippen LogP contribution in [0.5, 0.6) is 0 Å². The first-order valence-corrected chi connectivity index (χ1v) is 13.2. The minimum atomic E-state index is -1.74. The molecule has 0 radical (unpaired) electrons. The summed E-state index contributed by atoms with van der Waals surface area (Å²) in [4.78, 5) is 0. The number of hydrogen-bond donors (Lipinski definition) is 0. The Labute approximate surface area is 186 Å². The molecule has 1 unspecified atom stereocenters. The second kappa shape index (κ2) is 8.84. The summed E-state index contributed by atoms with van der Waals surface area (Å²) in [6.07, 6.45) is 13.5. The fourth-order valence-corrected chi connectivity index (χ4v) is 6.44. The van der Waals surface area contributed by atoms with E-state index in [9.17, 15) is 0 Å². The van der Waals surface area contributed by atoms with E-state index < -0.39 is 8.32 Å². The van der Waals surface area contributed by atoms with Gasteiger partial charge < -0.3 is 24.8 Å². The van der Waals surface area contributed by atoms with Crippen molar-refractivity contribution in [3.8, 4) is 0 Å². The minimum absolute atomic E-state index is 0. The van der Waals surface area contributed by atoms with Gasteiger partial charge in [0.05, 0.1) is 0 Å². The average Bonchev–Trinajstić information content (AvgIpc) is 2.82. The van der Waals surface area contributed by atoms with Crippen molar-refractivity contribution in [2.75, 3.05) is 0 Å². The first-order chi connectivity index (χ1) is 10.8. The zero-order valence-corrected chi connectivity index (χ0v) is 21.5. The van der Waals surface area contributed by atoms with Gasteiger partial charge in [-0.05, 0) is 0 Å². The van der Waals surface area contributed by atoms with Crippen molar-refractivity contribution in [2.24, 2.45) is 10.8 Å². The van der Waals surface area contributed by atoms with Crippen LogP contribution in [0.15, 0.2) is 45.4 Å². The van der Waals surface area contributed by atoms with E-state index in [2.05, 4.69) is 105 Å². The van der Waals surface area contributed by atoms with Gasteiger partial charge in [0, 0.05) is 0 Å². The Bertz CT molecular complexity index is 633. The fraction of sp³-hybridized carbons (Fsp3) is 0.619. The molecule has 0 heterocycles. The van der Waals surface area contributed by atoms with Gasteiger partial charge in [-0.15, -0.1) is 0 Å². The topological polar surface area (TPSA) is 9.23 Å². The van der Waals surface area contributed by atoms with Crippen LogP contribution in [0.4, 0.5) is 0 Å². The Morgan fingerprint density at radius 2 is 1.62 bits per heavy atom. The van der Waals surface area contributed by atoms with Crippen molar-refractivity contribution in [2.45, 2.75) is 72.7 Å². The van der Waals surface area contributed by atoms with Gasteiger partial charge >= 0.3 is 162 Å². The standard InChI is InChI=1S/C21H33OSi.2ClH.Ti/c1-19(2,3)18-15-11-12-16-21(18,22-23(6,7)8)20(4,5)17-13-9-10-14-17;;;/h9,11-13,15H,10,16H2,1-8H3;2*1H;/q;;;+2/p-2. The molecule has 2 aliphatic rings. The van der Waals surface area contributed by atoms with E-state index in [4.69, 9.17) is 4.43 Å². The van der Waals surface area contributed by atoms with Gasteiger partial charge in [0.2, 0.25) is 0 Å². The molecule has 1 nitrogen and oxygen atoms in total. The molecular formula is C21H33Cl2OSiTi. The summed E-state index contributed by atoms with van der Waals surface area (Å²) in [6, 6.07) is 0. The summed E-state index contributed by atoms with van der Waals surface area (Å²) in [5.74, 6) is 0. The van der Waals surface area contributed by atoms with Crippen LogP contribution >= 0.6 is 0 Å². The quantitative estimate of drug-likeness (QED) is 0.563. The van der Waals surface area contributed by atoms with E-state index in [1.54, 1.807) is 0 Å². The molecule has 0 saturated heterocycles. The summed E-state index contributed by atoms with van der Waals surface area (Å²) in [7, 11) is -1.74. The SMILES string of the molecule is CC(C)(C)C1=CC=CCC1(O[Si](C)(C)C)C(C)(C)C1=[C]([Ti+2])CC=C1.[Cl-].[Cl-]. The normalized spacial score (nSPS) is 23.5. The Balaban J connectivity index is 0.00000312. The molecule has 0 bridgehead atoms. The number of rotatable bonds is 4. The smallest absolute Gasteiger partial charge is 1.00 e. The van der Waals surface area contributed by atoms with Crippen molar-refractivity contribution in [1.29, 1.82) is 0 Å². The molecule has 2 rings (SSSR count). The van der Waals surface area contributed by atoms with Crippen LogP contribution in [-0.4, -0.2) is 13.9 Å². The Hall–Kier alpha value is 0.431. The van der Waals surface area contributed by atoms with Crippen LogP contribution in [0.2, 0.25) is 19.6 Å². The summed E-state index contributed by atoms with van der Waals surface area (Å²) >= 11 is 2.28. The molecule has 0 fully saturated rings. The summed E-state index contributed by atoms with van der Waals surface area (Å²) in [5, 5.41) is 0. The Kier molecular flexibility index (Phi) is 8.99. The van der Waals surface area contributed by atoms with Gasteiger partial charge in [0.25, 0.3) is 0 Å². The summed E-state index contributed by atoms with van der Waals surface area (Å²) < 4.78 is 8.57. The van der Waals surface area contributed by atoms with E-state index >= 15 is 0 Å². The van der Waals surface area contributed by atoms with E-state index in [1.165, 1.54) is 15.0 Å². The van der Waals surface area contributed by atoms with Crippen LogP contribution in [0.3, 0.4) is 0 Å². The second-order valence-electron chi connectivity index (χ2n) is 9.63. The fourth-order valence-electron chi connectivity index (χ4n) is 4.15. The van der Waals surface area contributed by atoms with Crippen molar-refractivity contribution in [3.05, 3.63) is 45.4 Å². The predicted molar refractivity (Wildman–Crippen MR) is 103 cm³/mol. The van der Waals surface area contributed by atoms with Crippen LogP contribution in [0.1, 0.15) is 47.5 Å². The van der Waals surface area contributed by atoms with Crippen LogP contribution in [0, 0.1) is 10.8 Å². The molecule has 0 aromatic heterocycles. The predicted octanol–water partition coefficient (Wildman–Crippen LogP) is 0.304. The molecule has 5 heteroatoms. The molecule has 0 amide bonds. The monoisotopic (exact) mass is 447 g/mol. The maximum Gasteiger partial charge on any atom is -1.00 e. The third-order valence-electron chi connectivity index (χ3n) is 5.14. The third kappa shape index (κ3) is 5.07. The number of allylic oxidation sites excluding steroid dienone is 5. The van der Waals surface area contributed by atoms with E-state index in [0.717, 1.165) is 12.8 Å². The second-order valence-corrected chi connectivity index (χ2v) is 15.0. The van der Waals surface area contributed by atoms with Gasteiger partial charge in [0.1, 0.15) is 0 Å². The van der Waals surface area contributed by atoms with Gasteiger partial charge in [0.15, 0.2) is 0 Å². The maximum absolute atomic E-state index is 7.08. The van der Waals surface area contributed by atoms with Gasteiger partial charge in [-0.25, -0.2) is 0 Å². The molecule has 0 aromatic rings. The van der Waals surface area contributed by atoms with Gasteiger partial charge in [-0.2, -0.15) is 0 Å². The largest absolute Gasteiger partial charge is 1.00 e. The molecule has 145 valence electrons. The summed E-state index contributed by atoms with van der Waals surface area (Å²) in [5.41, 5.74) is 2.65.